The molecule has 0 aromatic rings. The highest BCUT2D eigenvalue weighted by Crippen LogP contribution is 2.20. The van der Waals surface area contributed by atoms with Gasteiger partial charge in [0.1, 0.15) is 5.78 Å². The van der Waals surface area contributed by atoms with E-state index in [-0.39, 0.29) is 17.8 Å². The Balaban J connectivity index is 4.36. The highest BCUT2D eigenvalue weighted by molar-refractivity contribution is 5.82. The maximum absolute atomic E-state index is 11.6. The molecule has 0 aliphatic heterocycles. The SMILES string of the molecule is C=CCC(=O)[C@H](C)[C@H](OC)[C@@H](C)CC. The molecule has 0 radical (unpaired) electrons. The topological polar surface area (TPSA) is 26.3 Å². The van der Waals surface area contributed by atoms with Crippen LogP contribution in [0.3, 0.4) is 0 Å². The number of hydrogen-bond donors (Lipinski definition) is 0. The monoisotopic (exact) mass is 198 g/mol. The van der Waals surface area contributed by atoms with Gasteiger partial charge in [-0.3, -0.25) is 4.79 Å². The van der Waals surface area contributed by atoms with E-state index in [2.05, 4.69) is 20.4 Å². The zero-order valence-electron chi connectivity index (χ0n) is 9.75. The van der Waals surface area contributed by atoms with Crippen LogP contribution >= 0.6 is 0 Å². The van der Waals surface area contributed by atoms with Gasteiger partial charge in [0, 0.05) is 19.4 Å². The predicted octanol–water partition coefficient (Wildman–Crippen LogP) is 2.83. The van der Waals surface area contributed by atoms with E-state index in [1.165, 1.54) is 0 Å². The molecule has 0 unspecified atom stereocenters. The summed E-state index contributed by atoms with van der Waals surface area (Å²) in [6.45, 7) is 9.74. The molecule has 0 N–H and O–H groups in total. The van der Waals surface area contributed by atoms with E-state index in [4.69, 9.17) is 4.74 Å². The van der Waals surface area contributed by atoms with Gasteiger partial charge in [-0.05, 0) is 5.92 Å². The number of Topliss-reactive ketones (excluding diaryl/α,β-unsaturated/α-hetero) is 1. The van der Waals surface area contributed by atoms with Gasteiger partial charge in [0.2, 0.25) is 0 Å². The van der Waals surface area contributed by atoms with Crippen LogP contribution in [0.25, 0.3) is 0 Å². The fourth-order valence-electron chi connectivity index (χ4n) is 1.67. The summed E-state index contributed by atoms with van der Waals surface area (Å²) in [4.78, 5) is 11.6. The normalized spacial score (nSPS) is 17.1. The van der Waals surface area contributed by atoms with Gasteiger partial charge in [-0.2, -0.15) is 0 Å². The van der Waals surface area contributed by atoms with Crippen LogP contribution in [0.5, 0.6) is 0 Å². The van der Waals surface area contributed by atoms with Crippen molar-refractivity contribution in [3.8, 4) is 0 Å². The highest BCUT2D eigenvalue weighted by Gasteiger charge is 2.26. The highest BCUT2D eigenvalue weighted by atomic mass is 16.5. The Morgan fingerprint density at radius 3 is 2.43 bits per heavy atom. The summed E-state index contributed by atoms with van der Waals surface area (Å²) in [5.41, 5.74) is 0. The van der Waals surface area contributed by atoms with Gasteiger partial charge in [0.15, 0.2) is 0 Å². The number of ether oxygens (including phenoxy) is 1. The third-order valence-corrected chi connectivity index (χ3v) is 2.82. The molecule has 0 rings (SSSR count). The minimum absolute atomic E-state index is 0.0343. The molecule has 0 heterocycles. The quantitative estimate of drug-likeness (QED) is 0.588. The molecule has 0 aliphatic carbocycles. The van der Waals surface area contributed by atoms with Gasteiger partial charge in [-0.1, -0.05) is 33.3 Å². The third-order valence-electron chi connectivity index (χ3n) is 2.82. The fourth-order valence-corrected chi connectivity index (χ4v) is 1.67. The molecule has 0 aromatic carbocycles. The molecular weight excluding hydrogens is 176 g/mol. The van der Waals surface area contributed by atoms with Crippen LogP contribution in [0.15, 0.2) is 12.7 Å². The van der Waals surface area contributed by atoms with Crippen LogP contribution < -0.4 is 0 Å². The van der Waals surface area contributed by atoms with Gasteiger partial charge >= 0.3 is 0 Å². The first-order valence-corrected chi connectivity index (χ1v) is 5.24. The lowest BCUT2D eigenvalue weighted by Gasteiger charge is -2.26. The summed E-state index contributed by atoms with van der Waals surface area (Å²) in [5, 5.41) is 0. The molecule has 0 spiro atoms. The van der Waals surface area contributed by atoms with E-state index in [0.29, 0.717) is 12.3 Å². The molecule has 0 amide bonds. The van der Waals surface area contributed by atoms with E-state index in [1.54, 1.807) is 13.2 Å². The van der Waals surface area contributed by atoms with Crippen LogP contribution in [0.1, 0.15) is 33.6 Å². The number of ketones is 1. The van der Waals surface area contributed by atoms with Crippen LogP contribution in [-0.4, -0.2) is 19.0 Å². The Kier molecular flexibility index (Phi) is 6.46. The molecular formula is C12H22O2. The van der Waals surface area contributed by atoms with E-state index in [0.717, 1.165) is 6.42 Å². The molecule has 0 fully saturated rings. The number of carbonyl (C=O) groups is 1. The van der Waals surface area contributed by atoms with Crippen molar-refractivity contribution < 1.29 is 9.53 Å². The predicted molar refractivity (Wildman–Crippen MR) is 59.2 cm³/mol. The van der Waals surface area contributed by atoms with Crippen molar-refractivity contribution in [1.29, 1.82) is 0 Å². The van der Waals surface area contributed by atoms with Gasteiger partial charge in [0.25, 0.3) is 0 Å². The molecule has 2 nitrogen and oxygen atoms in total. The molecule has 3 atom stereocenters. The van der Waals surface area contributed by atoms with Crippen LogP contribution in [0, 0.1) is 11.8 Å². The minimum Gasteiger partial charge on any atom is -0.380 e. The van der Waals surface area contributed by atoms with E-state index in [9.17, 15) is 4.79 Å². The third kappa shape index (κ3) is 3.62. The van der Waals surface area contributed by atoms with Gasteiger partial charge in [0.05, 0.1) is 6.10 Å². The molecule has 0 saturated carbocycles. The summed E-state index contributed by atoms with van der Waals surface area (Å²) in [6.07, 6.45) is 3.16. The van der Waals surface area contributed by atoms with Gasteiger partial charge in [-0.15, -0.1) is 6.58 Å². The van der Waals surface area contributed by atoms with Crippen LogP contribution in [-0.2, 0) is 9.53 Å². The molecule has 0 aromatic heterocycles. The summed E-state index contributed by atoms with van der Waals surface area (Å²) in [5.74, 6) is 0.601. The Hall–Kier alpha value is -0.630. The lowest BCUT2D eigenvalue weighted by atomic mass is 9.87. The maximum Gasteiger partial charge on any atom is 0.142 e. The van der Waals surface area contributed by atoms with Crippen molar-refractivity contribution in [3.05, 3.63) is 12.7 Å². The Morgan fingerprint density at radius 2 is 2.07 bits per heavy atom. The average molecular weight is 198 g/mol. The van der Waals surface area contributed by atoms with Crippen molar-refractivity contribution in [2.45, 2.75) is 39.7 Å². The second-order valence-corrected chi connectivity index (χ2v) is 3.83. The Bertz CT molecular complexity index is 187. The Morgan fingerprint density at radius 1 is 1.50 bits per heavy atom. The lowest BCUT2D eigenvalue weighted by molar-refractivity contribution is -0.127. The minimum atomic E-state index is -0.0343. The molecule has 82 valence electrons. The van der Waals surface area contributed by atoms with Gasteiger partial charge in [-0.25, -0.2) is 0 Å². The van der Waals surface area contributed by atoms with Crippen molar-refractivity contribution in [2.75, 3.05) is 7.11 Å². The smallest absolute Gasteiger partial charge is 0.142 e. The summed E-state index contributed by atoms with van der Waals surface area (Å²) in [6, 6.07) is 0. The van der Waals surface area contributed by atoms with E-state index in [1.807, 2.05) is 6.92 Å². The molecule has 2 heteroatoms. The zero-order chi connectivity index (χ0) is 11.1. The fraction of sp³-hybridized carbons (Fsp3) is 0.750. The second-order valence-electron chi connectivity index (χ2n) is 3.83. The van der Waals surface area contributed by atoms with Crippen LogP contribution in [0.2, 0.25) is 0 Å². The second kappa shape index (κ2) is 6.77. The van der Waals surface area contributed by atoms with E-state index >= 15 is 0 Å². The molecule has 0 saturated heterocycles. The average Bonchev–Trinajstić information content (AvgIpc) is 2.18. The number of methoxy groups -OCH3 is 1. The first kappa shape index (κ1) is 13.4. The number of rotatable bonds is 7. The Labute approximate surface area is 87.3 Å². The number of hydrogen-bond acceptors (Lipinski definition) is 2. The van der Waals surface area contributed by atoms with Crippen molar-refractivity contribution in [2.24, 2.45) is 11.8 Å². The first-order valence-electron chi connectivity index (χ1n) is 5.24. The maximum atomic E-state index is 11.6. The summed E-state index contributed by atoms with van der Waals surface area (Å²) >= 11 is 0. The lowest BCUT2D eigenvalue weighted by Crippen LogP contribution is -2.32. The van der Waals surface area contributed by atoms with Crippen molar-refractivity contribution in [1.82, 2.24) is 0 Å². The largest absolute Gasteiger partial charge is 0.380 e. The van der Waals surface area contributed by atoms with E-state index < -0.39 is 0 Å². The number of carbonyl (C=O) groups excluding carboxylic acids is 1. The van der Waals surface area contributed by atoms with Crippen molar-refractivity contribution >= 4 is 5.78 Å². The summed E-state index contributed by atoms with van der Waals surface area (Å²) < 4.78 is 5.38. The van der Waals surface area contributed by atoms with Crippen molar-refractivity contribution in [3.63, 3.8) is 0 Å². The molecule has 0 aliphatic rings. The molecule has 0 bridgehead atoms. The number of allylic oxidation sites excluding steroid dienone is 1. The standard InChI is InChI=1S/C12H22O2/c1-6-8-11(13)10(4)12(14-5)9(3)7-2/h6,9-10,12H,1,7-8H2,2-5H3/t9-,10-,12+/m0/s1. The summed E-state index contributed by atoms with van der Waals surface area (Å²) in [7, 11) is 1.68. The van der Waals surface area contributed by atoms with Crippen LogP contribution in [0.4, 0.5) is 0 Å². The van der Waals surface area contributed by atoms with Gasteiger partial charge < -0.3 is 4.74 Å². The zero-order valence-corrected chi connectivity index (χ0v) is 9.75. The molecule has 14 heavy (non-hydrogen) atoms. The first-order chi connectivity index (χ1) is 6.58.